The van der Waals surface area contributed by atoms with Gasteiger partial charge in [-0.3, -0.25) is 9.36 Å². The van der Waals surface area contributed by atoms with Crippen molar-refractivity contribution in [3.63, 3.8) is 0 Å². The second-order valence-electron chi connectivity index (χ2n) is 5.19. The van der Waals surface area contributed by atoms with Gasteiger partial charge in [-0.25, -0.2) is 0 Å². The van der Waals surface area contributed by atoms with E-state index < -0.39 is 0 Å². The van der Waals surface area contributed by atoms with Gasteiger partial charge < -0.3 is 10.5 Å². The highest BCUT2D eigenvalue weighted by Crippen LogP contribution is 2.25. The Morgan fingerprint density at radius 2 is 2.12 bits per heavy atom. The second-order valence-corrected chi connectivity index (χ2v) is 6.13. The van der Waals surface area contributed by atoms with Gasteiger partial charge in [-0.15, -0.1) is 16.8 Å². The average Bonchev–Trinajstić information content (AvgIpc) is 2.97. The number of carbonyl (C=O) groups excluding carboxylic acids is 1. The first-order chi connectivity index (χ1) is 11.7. The number of allylic oxidation sites excluding steroid dienone is 1. The largest absolute Gasteiger partial charge is 0.494 e. The van der Waals surface area contributed by atoms with E-state index in [-0.39, 0.29) is 11.7 Å². The van der Waals surface area contributed by atoms with Crippen molar-refractivity contribution in [2.24, 2.45) is 5.73 Å². The van der Waals surface area contributed by atoms with Crippen molar-refractivity contribution in [1.82, 2.24) is 14.8 Å². The van der Waals surface area contributed by atoms with Gasteiger partial charge >= 0.3 is 0 Å². The minimum Gasteiger partial charge on any atom is -0.494 e. The molecule has 0 fully saturated rings. The maximum absolute atomic E-state index is 11.0. The van der Waals surface area contributed by atoms with Crippen molar-refractivity contribution in [3.8, 4) is 17.1 Å². The van der Waals surface area contributed by atoms with Gasteiger partial charge in [0.25, 0.3) is 0 Å². The molecule has 0 bridgehead atoms. The molecule has 0 atom stereocenters. The number of carbonyl (C=O) groups is 1. The summed E-state index contributed by atoms with van der Waals surface area (Å²) >= 11 is 1.27. The normalized spacial score (nSPS) is 10.5. The fraction of sp³-hybridized carbons (Fsp3) is 0.353. The lowest BCUT2D eigenvalue weighted by atomic mass is 10.2. The molecule has 128 valence electrons. The summed E-state index contributed by atoms with van der Waals surface area (Å²) in [5, 5.41) is 9.04. The van der Waals surface area contributed by atoms with Crippen LogP contribution in [0.25, 0.3) is 11.4 Å². The number of hydrogen-bond acceptors (Lipinski definition) is 5. The molecule has 1 aromatic carbocycles. The van der Waals surface area contributed by atoms with Crippen LogP contribution in [0.2, 0.25) is 0 Å². The number of amides is 1. The van der Waals surface area contributed by atoms with Gasteiger partial charge in [0.1, 0.15) is 5.75 Å². The Hall–Kier alpha value is -2.28. The predicted molar refractivity (Wildman–Crippen MR) is 96.0 cm³/mol. The molecule has 0 saturated carbocycles. The molecule has 6 nitrogen and oxygen atoms in total. The predicted octanol–water partition coefficient (Wildman–Crippen LogP) is 2.89. The molecular weight excluding hydrogens is 324 g/mol. The van der Waals surface area contributed by atoms with E-state index >= 15 is 0 Å². The van der Waals surface area contributed by atoms with Crippen molar-refractivity contribution < 1.29 is 9.53 Å². The summed E-state index contributed by atoms with van der Waals surface area (Å²) in [7, 11) is 0. The van der Waals surface area contributed by atoms with Crippen LogP contribution in [0.4, 0.5) is 0 Å². The molecule has 0 spiro atoms. The highest BCUT2D eigenvalue weighted by atomic mass is 32.2. The number of nitrogens with two attached hydrogens (primary N) is 1. The standard InChI is InChI=1S/C17H22N4O2S/c1-3-5-11-23-14-8-6-13(7-9-14)16-19-20-17(21(16)10-4-2)24-12-15(18)22/h4,6-9H,2-3,5,10-12H2,1H3,(H2,18,22). The van der Waals surface area contributed by atoms with Crippen LogP contribution in [0.15, 0.2) is 42.1 Å². The first-order valence-electron chi connectivity index (χ1n) is 7.84. The maximum atomic E-state index is 11.0. The molecule has 2 rings (SSSR count). The van der Waals surface area contributed by atoms with E-state index in [0.29, 0.717) is 11.7 Å². The first kappa shape index (κ1) is 18.1. The molecule has 0 aliphatic rings. The summed E-state index contributed by atoms with van der Waals surface area (Å²) < 4.78 is 7.58. The number of primary amides is 1. The molecule has 2 N–H and O–H groups in total. The highest BCUT2D eigenvalue weighted by molar-refractivity contribution is 7.99. The van der Waals surface area contributed by atoms with Crippen molar-refractivity contribution in [3.05, 3.63) is 36.9 Å². The second kappa shape index (κ2) is 9.12. The van der Waals surface area contributed by atoms with E-state index in [9.17, 15) is 4.79 Å². The van der Waals surface area contributed by atoms with Crippen LogP contribution >= 0.6 is 11.8 Å². The number of aromatic nitrogens is 3. The van der Waals surface area contributed by atoms with Gasteiger partial charge in [-0.1, -0.05) is 31.2 Å². The third kappa shape index (κ3) is 4.86. The third-order valence-electron chi connectivity index (χ3n) is 3.25. The van der Waals surface area contributed by atoms with E-state index in [1.165, 1.54) is 11.8 Å². The molecule has 0 aliphatic heterocycles. The van der Waals surface area contributed by atoms with Gasteiger partial charge in [-0.05, 0) is 30.7 Å². The quantitative estimate of drug-likeness (QED) is 0.406. The number of hydrogen-bond donors (Lipinski definition) is 1. The van der Waals surface area contributed by atoms with Crippen LogP contribution < -0.4 is 10.5 Å². The summed E-state index contributed by atoms with van der Waals surface area (Å²) in [5.41, 5.74) is 6.13. The SMILES string of the molecule is C=CCn1c(SCC(N)=O)nnc1-c1ccc(OCCCC)cc1. The molecule has 1 heterocycles. The Labute approximate surface area is 146 Å². The Morgan fingerprint density at radius 3 is 2.75 bits per heavy atom. The molecular formula is C17H22N4O2S. The Morgan fingerprint density at radius 1 is 1.38 bits per heavy atom. The molecule has 0 saturated heterocycles. The Kier molecular flexibility index (Phi) is 6.87. The monoisotopic (exact) mass is 346 g/mol. The van der Waals surface area contributed by atoms with Crippen molar-refractivity contribution in [2.45, 2.75) is 31.5 Å². The van der Waals surface area contributed by atoms with Crippen LogP contribution in [0.1, 0.15) is 19.8 Å². The zero-order valence-electron chi connectivity index (χ0n) is 13.8. The molecule has 24 heavy (non-hydrogen) atoms. The van der Waals surface area contributed by atoms with E-state index in [0.717, 1.165) is 36.6 Å². The number of nitrogens with zero attached hydrogens (tertiary/aromatic N) is 3. The van der Waals surface area contributed by atoms with Crippen molar-refractivity contribution in [2.75, 3.05) is 12.4 Å². The topological polar surface area (TPSA) is 83.0 Å². The number of benzene rings is 1. The van der Waals surface area contributed by atoms with Gasteiger partial charge in [0, 0.05) is 12.1 Å². The molecule has 1 aromatic heterocycles. The summed E-state index contributed by atoms with van der Waals surface area (Å²) in [5.74, 6) is 1.34. The van der Waals surface area contributed by atoms with Gasteiger partial charge in [-0.2, -0.15) is 0 Å². The van der Waals surface area contributed by atoms with Gasteiger partial charge in [0.2, 0.25) is 5.91 Å². The summed E-state index contributed by atoms with van der Waals surface area (Å²) in [4.78, 5) is 11.0. The first-order valence-corrected chi connectivity index (χ1v) is 8.82. The Balaban J connectivity index is 2.17. The van der Waals surface area contributed by atoms with Crippen LogP contribution in [-0.2, 0) is 11.3 Å². The third-order valence-corrected chi connectivity index (χ3v) is 4.24. The summed E-state index contributed by atoms with van der Waals surface area (Å²) in [6, 6.07) is 7.75. The average molecular weight is 346 g/mol. The number of ether oxygens (including phenoxy) is 1. The van der Waals surface area contributed by atoms with Crippen molar-refractivity contribution >= 4 is 17.7 Å². The lowest BCUT2D eigenvalue weighted by Gasteiger charge is -2.09. The van der Waals surface area contributed by atoms with E-state index in [1.807, 2.05) is 28.8 Å². The maximum Gasteiger partial charge on any atom is 0.227 e. The fourth-order valence-electron chi connectivity index (χ4n) is 2.07. The number of thioether (sulfide) groups is 1. The molecule has 7 heteroatoms. The fourth-order valence-corrected chi connectivity index (χ4v) is 2.76. The summed E-state index contributed by atoms with van der Waals surface area (Å²) in [6.45, 7) is 7.17. The van der Waals surface area contributed by atoms with Crippen LogP contribution in [0.5, 0.6) is 5.75 Å². The molecule has 2 aromatic rings. The molecule has 0 aliphatic carbocycles. The van der Waals surface area contributed by atoms with E-state index in [4.69, 9.17) is 10.5 Å². The molecule has 0 radical (unpaired) electrons. The molecule has 0 unspecified atom stereocenters. The summed E-state index contributed by atoms with van der Waals surface area (Å²) in [6.07, 6.45) is 3.91. The van der Waals surface area contributed by atoms with Crippen LogP contribution in [0, 0.1) is 0 Å². The van der Waals surface area contributed by atoms with E-state index in [2.05, 4.69) is 23.7 Å². The van der Waals surface area contributed by atoms with Crippen molar-refractivity contribution in [1.29, 1.82) is 0 Å². The lowest BCUT2D eigenvalue weighted by molar-refractivity contribution is -0.115. The zero-order valence-corrected chi connectivity index (χ0v) is 14.6. The molecule has 1 amide bonds. The van der Waals surface area contributed by atoms with Gasteiger partial charge in [0.15, 0.2) is 11.0 Å². The van der Waals surface area contributed by atoms with Crippen LogP contribution in [-0.4, -0.2) is 33.0 Å². The smallest absolute Gasteiger partial charge is 0.227 e. The minimum atomic E-state index is -0.386. The van der Waals surface area contributed by atoms with E-state index in [1.54, 1.807) is 6.08 Å². The zero-order chi connectivity index (χ0) is 17.4. The van der Waals surface area contributed by atoms with Crippen LogP contribution in [0.3, 0.4) is 0 Å². The Bertz CT molecular complexity index is 682. The number of rotatable bonds is 10. The minimum absolute atomic E-state index is 0.166. The highest BCUT2D eigenvalue weighted by Gasteiger charge is 2.14. The lowest BCUT2D eigenvalue weighted by Crippen LogP contribution is -2.13. The van der Waals surface area contributed by atoms with Gasteiger partial charge in [0.05, 0.1) is 12.4 Å². The number of unbranched alkanes of at least 4 members (excludes halogenated alkanes) is 1.